The van der Waals surface area contributed by atoms with Crippen molar-refractivity contribution in [3.63, 3.8) is 0 Å². The molecule has 0 spiro atoms. The van der Waals surface area contributed by atoms with Crippen LogP contribution in [-0.4, -0.2) is 38.7 Å². The molecule has 3 nitrogen and oxygen atoms in total. The Morgan fingerprint density at radius 2 is 2.29 bits per heavy atom. The number of ether oxygens (including phenoxy) is 1. The smallest absolute Gasteiger partial charge is 0.119 e. The fourth-order valence-electron chi connectivity index (χ4n) is 3.21. The maximum Gasteiger partial charge on any atom is 0.119 e. The number of likely N-dealkylation sites (tertiary alicyclic amines) is 1. The first-order valence-electron chi connectivity index (χ1n) is 6.38. The van der Waals surface area contributed by atoms with Gasteiger partial charge < -0.3 is 15.0 Å². The zero-order valence-corrected chi connectivity index (χ0v) is 10.6. The van der Waals surface area contributed by atoms with E-state index in [2.05, 4.69) is 29.4 Å². The molecule has 1 aromatic carbocycles. The summed E-state index contributed by atoms with van der Waals surface area (Å²) in [5, 5.41) is 3.55. The van der Waals surface area contributed by atoms with Gasteiger partial charge >= 0.3 is 0 Å². The van der Waals surface area contributed by atoms with Crippen LogP contribution in [0.25, 0.3) is 0 Å². The molecule has 0 saturated carbocycles. The minimum Gasteiger partial charge on any atom is -0.497 e. The van der Waals surface area contributed by atoms with Crippen LogP contribution in [0.2, 0.25) is 0 Å². The van der Waals surface area contributed by atoms with E-state index in [1.165, 1.54) is 30.8 Å². The van der Waals surface area contributed by atoms with Crippen molar-refractivity contribution in [1.82, 2.24) is 4.90 Å². The van der Waals surface area contributed by atoms with Crippen molar-refractivity contribution in [1.29, 1.82) is 0 Å². The molecule has 2 aliphatic rings. The van der Waals surface area contributed by atoms with Gasteiger partial charge in [0, 0.05) is 18.8 Å². The van der Waals surface area contributed by atoms with Gasteiger partial charge in [-0.15, -0.1) is 0 Å². The topological polar surface area (TPSA) is 24.5 Å². The molecular formula is C14H20N2O. The second-order valence-electron chi connectivity index (χ2n) is 5.25. The van der Waals surface area contributed by atoms with Crippen molar-refractivity contribution < 1.29 is 4.74 Å². The van der Waals surface area contributed by atoms with Crippen molar-refractivity contribution in [2.75, 3.05) is 39.1 Å². The number of benzene rings is 1. The SMILES string of the molecule is COc1ccc2c(c1)C1CCN(C)CC1CN2. The molecule has 2 unspecified atom stereocenters. The highest BCUT2D eigenvalue weighted by Gasteiger charge is 2.33. The van der Waals surface area contributed by atoms with E-state index < -0.39 is 0 Å². The lowest BCUT2D eigenvalue weighted by atomic mass is 9.77. The van der Waals surface area contributed by atoms with E-state index in [9.17, 15) is 0 Å². The van der Waals surface area contributed by atoms with E-state index >= 15 is 0 Å². The van der Waals surface area contributed by atoms with Gasteiger partial charge in [-0.05, 0) is 55.6 Å². The van der Waals surface area contributed by atoms with Crippen LogP contribution >= 0.6 is 0 Å². The molecule has 2 atom stereocenters. The highest BCUT2D eigenvalue weighted by Crippen LogP contribution is 2.41. The van der Waals surface area contributed by atoms with Gasteiger partial charge in [-0.25, -0.2) is 0 Å². The molecule has 1 N–H and O–H groups in total. The molecule has 0 amide bonds. The molecule has 1 aromatic rings. The molecule has 2 heterocycles. The van der Waals surface area contributed by atoms with Gasteiger partial charge in [0.25, 0.3) is 0 Å². The Hall–Kier alpha value is -1.22. The Bertz CT molecular complexity index is 419. The molecule has 1 fully saturated rings. The maximum atomic E-state index is 5.34. The number of hydrogen-bond acceptors (Lipinski definition) is 3. The van der Waals surface area contributed by atoms with Crippen LogP contribution in [0.4, 0.5) is 5.69 Å². The average Bonchev–Trinajstić information content (AvgIpc) is 2.37. The normalized spacial score (nSPS) is 27.9. The Morgan fingerprint density at radius 3 is 3.12 bits per heavy atom. The molecule has 17 heavy (non-hydrogen) atoms. The van der Waals surface area contributed by atoms with Gasteiger partial charge in [-0.3, -0.25) is 0 Å². The summed E-state index contributed by atoms with van der Waals surface area (Å²) in [5.41, 5.74) is 2.75. The van der Waals surface area contributed by atoms with E-state index in [0.29, 0.717) is 5.92 Å². The molecular weight excluding hydrogens is 212 g/mol. The third kappa shape index (κ3) is 1.89. The minimum absolute atomic E-state index is 0.706. The van der Waals surface area contributed by atoms with Crippen LogP contribution in [0.3, 0.4) is 0 Å². The van der Waals surface area contributed by atoms with Crippen LogP contribution in [0.5, 0.6) is 5.75 Å². The number of fused-ring (bicyclic) bond motifs is 3. The Kier molecular flexibility index (Phi) is 2.71. The van der Waals surface area contributed by atoms with Crippen molar-refractivity contribution in [3.05, 3.63) is 23.8 Å². The van der Waals surface area contributed by atoms with Crippen LogP contribution in [0.1, 0.15) is 17.9 Å². The minimum atomic E-state index is 0.706. The Morgan fingerprint density at radius 1 is 1.41 bits per heavy atom. The lowest BCUT2D eigenvalue weighted by Crippen LogP contribution is -2.42. The predicted molar refractivity (Wildman–Crippen MR) is 69.8 cm³/mol. The highest BCUT2D eigenvalue weighted by atomic mass is 16.5. The van der Waals surface area contributed by atoms with E-state index in [0.717, 1.165) is 18.2 Å². The third-order valence-corrected chi connectivity index (χ3v) is 4.15. The van der Waals surface area contributed by atoms with Gasteiger partial charge in [0.15, 0.2) is 0 Å². The second kappa shape index (κ2) is 4.22. The maximum absolute atomic E-state index is 5.34. The van der Waals surface area contributed by atoms with Crippen molar-refractivity contribution in [2.45, 2.75) is 12.3 Å². The van der Waals surface area contributed by atoms with Crippen molar-refractivity contribution >= 4 is 5.69 Å². The zero-order valence-electron chi connectivity index (χ0n) is 10.6. The summed E-state index contributed by atoms with van der Waals surface area (Å²) in [4.78, 5) is 2.44. The number of hydrogen-bond donors (Lipinski definition) is 1. The molecule has 0 bridgehead atoms. The van der Waals surface area contributed by atoms with Gasteiger partial charge in [-0.1, -0.05) is 0 Å². The predicted octanol–water partition coefficient (Wildman–Crippen LogP) is 2.16. The summed E-state index contributed by atoms with van der Waals surface area (Å²) >= 11 is 0. The number of anilines is 1. The number of nitrogens with one attached hydrogen (secondary N) is 1. The first-order valence-corrected chi connectivity index (χ1v) is 6.38. The highest BCUT2D eigenvalue weighted by molar-refractivity contribution is 5.58. The molecule has 0 aromatic heterocycles. The van der Waals surface area contributed by atoms with Gasteiger partial charge in [0.2, 0.25) is 0 Å². The average molecular weight is 232 g/mol. The lowest BCUT2D eigenvalue weighted by Gasteiger charge is -2.41. The summed E-state index contributed by atoms with van der Waals surface area (Å²) in [6.07, 6.45) is 1.27. The van der Waals surface area contributed by atoms with E-state index in [1.54, 1.807) is 7.11 Å². The Labute approximate surface area is 103 Å². The van der Waals surface area contributed by atoms with E-state index in [-0.39, 0.29) is 0 Å². The molecule has 0 aliphatic carbocycles. The number of piperidine rings is 1. The first-order chi connectivity index (χ1) is 8.28. The molecule has 3 rings (SSSR count). The lowest BCUT2D eigenvalue weighted by molar-refractivity contribution is 0.187. The third-order valence-electron chi connectivity index (χ3n) is 4.15. The summed E-state index contributed by atoms with van der Waals surface area (Å²) in [7, 11) is 3.96. The summed E-state index contributed by atoms with van der Waals surface area (Å²) in [6.45, 7) is 3.51. The van der Waals surface area contributed by atoms with Crippen molar-refractivity contribution in [2.24, 2.45) is 5.92 Å². The van der Waals surface area contributed by atoms with Crippen LogP contribution in [0, 0.1) is 5.92 Å². The van der Waals surface area contributed by atoms with Crippen LogP contribution < -0.4 is 10.1 Å². The van der Waals surface area contributed by atoms with Crippen LogP contribution in [0.15, 0.2) is 18.2 Å². The second-order valence-corrected chi connectivity index (χ2v) is 5.25. The van der Waals surface area contributed by atoms with Gasteiger partial charge in [0.05, 0.1) is 7.11 Å². The van der Waals surface area contributed by atoms with Crippen molar-refractivity contribution in [3.8, 4) is 5.75 Å². The molecule has 92 valence electrons. The quantitative estimate of drug-likeness (QED) is 0.803. The zero-order chi connectivity index (χ0) is 11.8. The molecule has 3 heteroatoms. The number of nitrogens with zero attached hydrogens (tertiary/aromatic N) is 1. The summed E-state index contributed by atoms with van der Waals surface area (Å²) in [6, 6.07) is 6.41. The largest absolute Gasteiger partial charge is 0.497 e. The first kappa shape index (κ1) is 10.9. The summed E-state index contributed by atoms with van der Waals surface area (Å²) in [5.74, 6) is 2.43. The van der Waals surface area contributed by atoms with Gasteiger partial charge in [-0.2, -0.15) is 0 Å². The molecule has 0 radical (unpaired) electrons. The van der Waals surface area contributed by atoms with Crippen LogP contribution in [-0.2, 0) is 0 Å². The van der Waals surface area contributed by atoms with E-state index in [1.807, 2.05) is 6.07 Å². The fourth-order valence-corrected chi connectivity index (χ4v) is 3.21. The number of rotatable bonds is 1. The standard InChI is InChI=1S/C14H20N2O/c1-16-6-5-12-10(9-16)8-15-14-4-3-11(17-2)7-13(12)14/h3-4,7,10,12,15H,5-6,8-9H2,1-2H3. The fraction of sp³-hybridized carbons (Fsp3) is 0.571. The number of methoxy groups -OCH3 is 1. The monoisotopic (exact) mass is 232 g/mol. The van der Waals surface area contributed by atoms with E-state index in [4.69, 9.17) is 4.74 Å². The summed E-state index contributed by atoms with van der Waals surface area (Å²) < 4.78 is 5.34. The van der Waals surface area contributed by atoms with Gasteiger partial charge in [0.1, 0.15) is 5.75 Å². The molecule has 2 aliphatic heterocycles. The Balaban J connectivity index is 1.94. The molecule has 1 saturated heterocycles.